The lowest BCUT2D eigenvalue weighted by molar-refractivity contribution is 0.311. The molecule has 0 amide bonds. The molecular formula is C25H23ClN5O2. The number of piperazine rings is 1. The van der Waals surface area contributed by atoms with Gasteiger partial charge in [0, 0.05) is 67.3 Å². The fraction of sp³-hybridized carbons (Fsp3) is 0.240. The molecule has 1 aliphatic heterocycles. The summed E-state index contributed by atoms with van der Waals surface area (Å²) in [6.45, 7) is 3.84. The van der Waals surface area contributed by atoms with Crippen molar-refractivity contribution in [3.63, 3.8) is 0 Å². The van der Waals surface area contributed by atoms with Crippen LogP contribution in [0, 0.1) is 6.07 Å². The van der Waals surface area contributed by atoms with Crippen LogP contribution in [0.3, 0.4) is 0 Å². The normalized spacial score (nSPS) is 14.6. The summed E-state index contributed by atoms with van der Waals surface area (Å²) in [7, 11) is 3.63. The number of rotatable bonds is 4. The van der Waals surface area contributed by atoms with Gasteiger partial charge in [0.15, 0.2) is 11.5 Å². The Balaban J connectivity index is 1.53. The average Bonchev–Trinajstić information content (AvgIpc) is 2.85. The van der Waals surface area contributed by atoms with E-state index in [2.05, 4.69) is 37.9 Å². The number of fused-ring (bicyclic) bond motifs is 1. The molecule has 33 heavy (non-hydrogen) atoms. The predicted molar refractivity (Wildman–Crippen MR) is 130 cm³/mol. The van der Waals surface area contributed by atoms with Gasteiger partial charge >= 0.3 is 0 Å². The number of aromatic nitrogens is 3. The maximum atomic E-state index is 10.1. The maximum Gasteiger partial charge on any atom is 0.225 e. The van der Waals surface area contributed by atoms with Crippen molar-refractivity contribution < 1.29 is 9.84 Å². The molecule has 7 nitrogen and oxygen atoms in total. The highest BCUT2D eigenvalue weighted by Gasteiger charge is 2.17. The van der Waals surface area contributed by atoms with Gasteiger partial charge in [-0.05, 0) is 42.4 Å². The number of aromatic hydroxyl groups is 1. The minimum absolute atomic E-state index is 0.0722. The lowest BCUT2D eigenvalue weighted by Gasteiger charge is -2.32. The second-order valence-corrected chi connectivity index (χ2v) is 8.49. The Morgan fingerprint density at radius 3 is 2.45 bits per heavy atom. The molecular weight excluding hydrogens is 438 g/mol. The minimum Gasteiger partial charge on any atom is -0.503 e. The Morgan fingerprint density at radius 1 is 0.970 bits per heavy atom. The fourth-order valence-electron chi connectivity index (χ4n) is 4.03. The first-order valence-corrected chi connectivity index (χ1v) is 11.0. The number of anilines is 1. The monoisotopic (exact) mass is 460 g/mol. The number of ether oxygens (including phenoxy) is 1. The van der Waals surface area contributed by atoms with Crippen LogP contribution in [0.25, 0.3) is 33.2 Å². The van der Waals surface area contributed by atoms with E-state index in [9.17, 15) is 5.11 Å². The van der Waals surface area contributed by atoms with Gasteiger partial charge in [0.2, 0.25) is 5.95 Å². The molecule has 0 bridgehead atoms. The van der Waals surface area contributed by atoms with Crippen LogP contribution in [0.4, 0.5) is 5.95 Å². The summed E-state index contributed by atoms with van der Waals surface area (Å²) in [5.41, 5.74) is 4.34. The number of hydrogen-bond donors (Lipinski definition) is 1. The summed E-state index contributed by atoms with van der Waals surface area (Å²) < 4.78 is 5.26. The summed E-state index contributed by atoms with van der Waals surface area (Å²) in [5.74, 6) is 0.997. The van der Waals surface area contributed by atoms with Gasteiger partial charge in [-0.2, -0.15) is 0 Å². The van der Waals surface area contributed by atoms with Crippen LogP contribution in [0.2, 0.25) is 5.02 Å². The zero-order valence-corrected chi connectivity index (χ0v) is 19.2. The molecule has 1 fully saturated rings. The Hall–Kier alpha value is -3.42. The van der Waals surface area contributed by atoms with Gasteiger partial charge < -0.3 is 19.6 Å². The van der Waals surface area contributed by atoms with Crippen molar-refractivity contribution in [1.29, 1.82) is 0 Å². The van der Waals surface area contributed by atoms with Gasteiger partial charge in [-0.1, -0.05) is 17.7 Å². The first-order valence-electron chi connectivity index (χ1n) is 10.7. The van der Waals surface area contributed by atoms with Crippen molar-refractivity contribution in [1.82, 2.24) is 19.9 Å². The molecule has 0 atom stereocenters. The van der Waals surface area contributed by atoms with E-state index in [-0.39, 0.29) is 10.8 Å². The molecule has 2 aromatic carbocycles. The quantitative estimate of drug-likeness (QED) is 0.487. The van der Waals surface area contributed by atoms with Crippen LogP contribution in [0.5, 0.6) is 11.5 Å². The smallest absolute Gasteiger partial charge is 0.225 e. The number of likely N-dealkylation sites (N-methyl/N-ethyl adjacent to an activating group) is 1. The van der Waals surface area contributed by atoms with E-state index in [0.29, 0.717) is 5.75 Å². The molecule has 3 heterocycles. The lowest BCUT2D eigenvalue weighted by Crippen LogP contribution is -2.45. The van der Waals surface area contributed by atoms with Crippen LogP contribution in [0.1, 0.15) is 0 Å². The fourth-order valence-corrected chi connectivity index (χ4v) is 4.24. The second-order valence-electron chi connectivity index (χ2n) is 8.08. The summed E-state index contributed by atoms with van der Waals surface area (Å²) in [6.07, 6.45) is 5.37. The van der Waals surface area contributed by atoms with E-state index in [1.807, 2.05) is 30.6 Å². The Morgan fingerprint density at radius 2 is 1.73 bits per heavy atom. The summed E-state index contributed by atoms with van der Waals surface area (Å²) in [4.78, 5) is 18.2. The van der Waals surface area contributed by atoms with Crippen LogP contribution in [0.15, 0.2) is 48.9 Å². The Bertz CT molecular complexity index is 1300. The van der Waals surface area contributed by atoms with E-state index >= 15 is 0 Å². The third-order valence-corrected chi connectivity index (χ3v) is 6.26. The second kappa shape index (κ2) is 8.84. The van der Waals surface area contributed by atoms with Crippen molar-refractivity contribution in [2.45, 2.75) is 0 Å². The molecule has 1 N–H and O–H groups in total. The van der Waals surface area contributed by atoms with Gasteiger partial charge in [0.25, 0.3) is 0 Å². The van der Waals surface area contributed by atoms with Crippen LogP contribution >= 0.6 is 11.6 Å². The first-order chi connectivity index (χ1) is 16.0. The van der Waals surface area contributed by atoms with E-state index < -0.39 is 0 Å². The standard InChI is InChI=1S/C25H23ClN5O2/c1-30-7-9-31(10-8-30)25-28-14-18(15-29-25)19-5-6-27-22-4-3-16(11-20(19)22)17-12-21(26)24(32)23(13-17)33-2/h3-4,6,11-15,32H,7-10H2,1-2H3. The van der Waals surface area contributed by atoms with Crippen molar-refractivity contribution in [2.75, 3.05) is 45.2 Å². The van der Waals surface area contributed by atoms with Gasteiger partial charge in [0.05, 0.1) is 17.6 Å². The topological polar surface area (TPSA) is 74.6 Å². The maximum absolute atomic E-state index is 10.1. The third kappa shape index (κ3) is 4.17. The SMILES string of the molecule is COc1cc(-c2ccc3nc[c]c(-c4cnc(N5CCN(C)CC5)nc4)c3c2)cc(Cl)c1O. The van der Waals surface area contributed by atoms with E-state index in [1.54, 1.807) is 18.3 Å². The number of pyridine rings is 1. The van der Waals surface area contributed by atoms with Gasteiger partial charge in [-0.15, -0.1) is 0 Å². The average molecular weight is 461 g/mol. The van der Waals surface area contributed by atoms with Crippen molar-refractivity contribution in [2.24, 2.45) is 0 Å². The molecule has 8 heteroatoms. The highest BCUT2D eigenvalue weighted by atomic mass is 35.5. The van der Waals surface area contributed by atoms with Crippen molar-refractivity contribution in [3.8, 4) is 33.8 Å². The Labute approximate surface area is 197 Å². The van der Waals surface area contributed by atoms with Crippen molar-refractivity contribution in [3.05, 3.63) is 60.0 Å². The largest absolute Gasteiger partial charge is 0.503 e. The lowest BCUT2D eigenvalue weighted by atomic mass is 9.98. The molecule has 0 aliphatic carbocycles. The highest BCUT2D eigenvalue weighted by molar-refractivity contribution is 6.32. The summed E-state index contributed by atoms with van der Waals surface area (Å²) in [6, 6.07) is 12.7. The molecule has 167 valence electrons. The van der Waals surface area contributed by atoms with E-state index in [1.165, 1.54) is 7.11 Å². The number of halogens is 1. The minimum atomic E-state index is -0.0722. The molecule has 1 aliphatic rings. The molecule has 1 radical (unpaired) electrons. The van der Waals surface area contributed by atoms with E-state index in [0.717, 1.165) is 65.3 Å². The van der Waals surface area contributed by atoms with Crippen LogP contribution in [-0.2, 0) is 0 Å². The number of phenols is 1. The third-order valence-electron chi connectivity index (χ3n) is 5.97. The molecule has 5 rings (SSSR count). The molecule has 4 aromatic rings. The zero-order chi connectivity index (χ0) is 22.9. The number of methoxy groups -OCH3 is 1. The summed E-state index contributed by atoms with van der Waals surface area (Å²) >= 11 is 6.21. The predicted octanol–water partition coefficient (Wildman–Crippen LogP) is 4.28. The van der Waals surface area contributed by atoms with Gasteiger partial charge in [-0.25, -0.2) is 9.97 Å². The number of hydrogen-bond acceptors (Lipinski definition) is 7. The summed E-state index contributed by atoms with van der Waals surface area (Å²) in [5, 5.41) is 11.2. The number of nitrogens with zero attached hydrogens (tertiary/aromatic N) is 5. The Kier molecular flexibility index (Phi) is 5.74. The van der Waals surface area contributed by atoms with E-state index in [4.69, 9.17) is 16.3 Å². The van der Waals surface area contributed by atoms with Crippen LogP contribution < -0.4 is 9.64 Å². The first kappa shape index (κ1) is 21.4. The van der Waals surface area contributed by atoms with Gasteiger partial charge in [-0.3, -0.25) is 4.98 Å². The number of phenolic OH excluding ortho intramolecular Hbond substituents is 1. The molecule has 0 saturated carbocycles. The van der Waals surface area contributed by atoms with Crippen molar-refractivity contribution >= 4 is 28.5 Å². The van der Waals surface area contributed by atoms with Crippen LogP contribution in [-0.4, -0.2) is 65.3 Å². The zero-order valence-electron chi connectivity index (χ0n) is 18.4. The molecule has 0 spiro atoms. The molecule has 2 aromatic heterocycles. The van der Waals surface area contributed by atoms with Gasteiger partial charge in [0.1, 0.15) is 0 Å². The molecule has 0 unspecified atom stereocenters. The molecule has 1 saturated heterocycles. The highest BCUT2D eigenvalue weighted by Crippen LogP contribution is 2.39. The number of benzene rings is 2.